The van der Waals surface area contributed by atoms with Crippen molar-refractivity contribution in [1.82, 2.24) is 4.31 Å². The molecule has 1 atom stereocenters. The van der Waals surface area contributed by atoms with E-state index in [1.165, 1.54) is 0 Å². The first-order valence-corrected chi connectivity index (χ1v) is 10.8. The van der Waals surface area contributed by atoms with Crippen LogP contribution in [0.4, 0.5) is 0 Å². The Morgan fingerprint density at radius 1 is 1.08 bits per heavy atom. The fraction of sp³-hybridized carbons (Fsp3) is 0.400. The van der Waals surface area contributed by atoms with Crippen LogP contribution in [-0.2, 0) is 22.2 Å². The van der Waals surface area contributed by atoms with Crippen LogP contribution in [0.15, 0.2) is 54.6 Å². The third-order valence-electron chi connectivity index (χ3n) is 5.02. The number of aliphatic hydroxyl groups excluding tert-OH is 1. The first-order valence-electron chi connectivity index (χ1n) is 8.80. The molecule has 1 heterocycles. The van der Waals surface area contributed by atoms with E-state index in [2.05, 4.69) is 0 Å². The van der Waals surface area contributed by atoms with Gasteiger partial charge in [-0.05, 0) is 42.5 Å². The van der Waals surface area contributed by atoms with Gasteiger partial charge in [0, 0.05) is 23.5 Å². The lowest BCUT2D eigenvalue weighted by atomic mass is 9.76. The number of piperidine rings is 1. The standard InChI is InChI=1S/C20H24ClNO3S/c21-19-9-4-8-18(12-19)13-20(16-23)10-5-11-22(15-20)26(24,25)14-17-6-2-1-3-7-17/h1-4,6-9,12,23H,5,10-11,13-16H2/t20-/m1/s1. The van der Waals surface area contributed by atoms with E-state index < -0.39 is 15.4 Å². The Balaban J connectivity index is 1.78. The number of nitrogens with zero attached hydrogens (tertiary/aromatic N) is 1. The van der Waals surface area contributed by atoms with Crippen molar-refractivity contribution in [2.45, 2.75) is 25.0 Å². The maximum atomic E-state index is 12.9. The van der Waals surface area contributed by atoms with Crippen LogP contribution in [-0.4, -0.2) is 37.5 Å². The van der Waals surface area contributed by atoms with Gasteiger partial charge in [0.2, 0.25) is 10.0 Å². The average Bonchev–Trinajstić information content (AvgIpc) is 2.62. The summed E-state index contributed by atoms with van der Waals surface area (Å²) in [5, 5.41) is 10.7. The minimum Gasteiger partial charge on any atom is -0.396 e. The molecule has 2 aromatic rings. The van der Waals surface area contributed by atoms with Crippen LogP contribution in [0.2, 0.25) is 5.02 Å². The van der Waals surface area contributed by atoms with Gasteiger partial charge >= 0.3 is 0 Å². The first kappa shape index (κ1) is 19.4. The quantitative estimate of drug-likeness (QED) is 0.817. The molecule has 1 aliphatic rings. The van der Waals surface area contributed by atoms with E-state index in [9.17, 15) is 13.5 Å². The number of halogens is 1. The molecule has 1 fully saturated rings. The summed E-state index contributed by atoms with van der Waals surface area (Å²) in [4.78, 5) is 0. The normalized spacial score (nSPS) is 21.6. The molecular weight excluding hydrogens is 370 g/mol. The largest absolute Gasteiger partial charge is 0.396 e. The van der Waals surface area contributed by atoms with Crippen molar-refractivity contribution in [3.8, 4) is 0 Å². The molecule has 2 aromatic carbocycles. The fourth-order valence-electron chi connectivity index (χ4n) is 3.69. The van der Waals surface area contributed by atoms with Gasteiger partial charge in [-0.2, -0.15) is 0 Å². The highest BCUT2D eigenvalue weighted by atomic mass is 35.5. The van der Waals surface area contributed by atoms with Crippen molar-refractivity contribution in [3.63, 3.8) is 0 Å². The van der Waals surface area contributed by atoms with Crippen molar-refractivity contribution < 1.29 is 13.5 Å². The van der Waals surface area contributed by atoms with Gasteiger partial charge in [0.05, 0.1) is 12.4 Å². The number of aliphatic hydroxyl groups is 1. The van der Waals surface area contributed by atoms with Crippen molar-refractivity contribution in [3.05, 3.63) is 70.7 Å². The summed E-state index contributed by atoms with van der Waals surface area (Å²) in [5.74, 6) is -0.00743. The molecule has 0 aromatic heterocycles. The van der Waals surface area contributed by atoms with E-state index in [4.69, 9.17) is 11.6 Å². The number of benzene rings is 2. The molecule has 140 valence electrons. The summed E-state index contributed by atoms with van der Waals surface area (Å²) < 4.78 is 27.3. The lowest BCUT2D eigenvalue weighted by molar-refractivity contribution is 0.0644. The monoisotopic (exact) mass is 393 g/mol. The Morgan fingerprint density at radius 2 is 1.81 bits per heavy atom. The fourth-order valence-corrected chi connectivity index (χ4v) is 5.57. The Hall–Kier alpha value is -1.40. The van der Waals surface area contributed by atoms with Crippen LogP contribution in [0.5, 0.6) is 0 Å². The second-order valence-electron chi connectivity index (χ2n) is 7.14. The minimum absolute atomic E-state index is 0.00743. The molecular formula is C20H24ClNO3S. The van der Waals surface area contributed by atoms with Crippen LogP contribution >= 0.6 is 11.6 Å². The Bertz CT molecular complexity index is 841. The zero-order valence-corrected chi connectivity index (χ0v) is 16.2. The molecule has 0 amide bonds. The average molecular weight is 394 g/mol. The minimum atomic E-state index is -3.42. The van der Waals surface area contributed by atoms with Crippen LogP contribution in [0.1, 0.15) is 24.0 Å². The maximum absolute atomic E-state index is 12.9. The zero-order chi connectivity index (χ0) is 18.6. The molecule has 1 aliphatic heterocycles. The molecule has 3 rings (SSSR count). The molecule has 0 saturated carbocycles. The zero-order valence-electron chi connectivity index (χ0n) is 14.6. The van der Waals surface area contributed by atoms with Crippen LogP contribution in [0.3, 0.4) is 0 Å². The highest BCUT2D eigenvalue weighted by Gasteiger charge is 2.39. The number of sulfonamides is 1. The van der Waals surface area contributed by atoms with Gasteiger partial charge in [-0.15, -0.1) is 0 Å². The summed E-state index contributed by atoms with van der Waals surface area (Å²) in [6.07, 6.45) is 2.16. The summed E-state index contributed by atoms with van der Waals surface area (Å²) >= 11 is 6.07. The summed E-state index contributed by atoms with van der Waals surface area (Å²) in [6, 6.07) is 16.8. The van der Waals surface area contributed by atoms with E-state index in [0.717, 1.165) is 24.0 Å². The van der Waals surface area contributed by atoms with E-state index in [-0.39, 0.29) is 12.4 Å². The van der Waals surface area contributed by atoms with E-state index in [1.807, 2.05) is 54.6 Å². The van der Waals surface area contributed by atoms with Gasteiger partial charge in [0.1, 0.15) is 0 Å². The molecule has 26 heavy (non-hydrogen) atoms. The molecule has 1 saturated heterocycles. The predicted octanol–water partition coefficient (Wildman–Crippen LogP) is 3.49. The lowest BCUT2D eigenvalue weighted by Crippen LogP contribution is -2.49. The van der Waals surface area contributed by atoms with Gasteiger partial charge < -0.3 is 5.11 Å². The highest BCUT2D eigenvalue weighted by molar-refractivity contribution is 7.88. The van der Waals surface area contributed by atoms with Crippen molar-refractivity contribution in [1.29, 1.82) is 0 Å². The van der Waals surface area contributed by atoms with Crippen molar-refractivity contribution in [2.75, 3.05) is 19.7 Å². The molecule has 0 bridgehead atoms. The molecule has 0 unspecified atom stereocenters. The predicted molar refractivity (Wildman–Crippen MR) is 105 cm³/mol. The number of hydrogen-bond donors (Lipinski definition) is 1. The van der Waals surface area contributed by atoms with Crippen LogP contribution in [0, 0.1) is 5.41 Å². The lowest BCUT2D eigenvalue weighted by Gasteiger charge is -2.41. The molecule has 6 heteroatoms. The van der Waals surface area contributed by atoms with E-state index >= 15 is 0 Å². The van der Waals surface area contributed by atoms with Gasteiger partial charge in [-0.1, -0.05) is 54.1 Å². The smallest absolute Gasteiger partial charge is 0.218 e. The van der Waals surface area contributed by atoms with Crippen molar-refractivity contribution >= 4 is 21.6 Å². The van der Waals surface area contributed by atoms with E-state index in [0.29, 0.717) is 24.5 Å². The Kier molecular flexibility index (Phi) is 6.03. The van der Waals surface area contributed by atoms with Crippen LogP contribution < -0.4 is 0 Å². The molecule has 0 aliphatic carbocycles. The number of rotatable bonds is 6. The van der Waals surface area contributed by atoms with Gasteiger partial charge in [-0.25, -0.2) is 12.7 Å². The second-order valence-corrected chi connectivity index (χ2v) is 9.55. The van der Waals surface area contributed by atoms with Gasteiger partial charge in [0.25, 0.3) is 0 Å². The van der Waals surface area contributed by atoms with E-state index in [1.54, 1.807) is 4.31 Å². The molecule has 0 spiro atoms. The SMILES string of the molecule is O=S(=O)(Cc1ccccc1)N1CCC[C@@](CO)(Cc2cccc(Cl)c2)C1. The van der Waals surface area contributed by atoms with Gasteiger partial charge in [0.15, 0.2) is 0 Å². The summed E-state index contributed by atoms with van der Waals surface area (Å²) in [6.45, 7) is 0.800. The van der Waals surface area contributed by atoms with Crippen LogP contribution in [0.25, 0.3) is 0 Å². The first-order chi connectivity index (χ1) is 12.4. The second kappa shape index (κ2) is 8.09. The summed E-state index contributed by atoms with van der Waals surface area (Å²) in [5.41, 5.74) is 1.34. The third-order valence-corrected chi connectivity index (χ3v) is 7.05. The maximum Gasteiger partial charge on any atom is 0.218 e. The Morgan fingerprint density at radius 3 is 2.50 bits per heavy atom. The van der Waals surface area contributed by atoms with Gasteiger partial charge in [-0.3, -0.25) is 0 Å². The molecule has 0 radical (unpaired) electrons. The summed E-state index contributed by atoms with van der Waals surface area (Å²) in [7, 11) is -3.42. The Labute approximate surface area is 160 Å². The third kappa shape index (κ3) is 4.65. The van der Waals surface area contributed by atoms with Crippen molar-refractivity contribution in [2.24, 2.45) is 5.41 Å². The number of hydrogen-bond acceptors (Lipinski definition) is 3. The topological polar surface area (TPSA) is 57.6 Å². The molecule has 4 nitrogen and oxygen atoms in total. The highest BCUT2D eigenvalue weighted by Crippen LogP contribution is 2.35. The molecule has 1 N–H and O–H groups in total.